The van der Waals surface area contributed by atoms with Crippen LogP contribution in [0.4, 0.5) is 5.69 Å². The predicted molar refractivity (Wildman–Crippen MR) is 103 cm³/mol. The summed E-state index contributed by atoms with van der Waals surface area (Å²) in [6, 6.07) is 7.17. The van der Waals surface area contributed by atoms with Gasteiger partial charge in [-0.1, -0.05) is 12.1 Å². The van der Waals surface area contributed by atoms with Crippen molar-refractivity contribution < 1.29 is 28.7 Å². The van der Waals surface area contributed by atoms with Gasteiger partial charge in [0, 0.05) is 5.69 Å². The molecule has 0 bridgehead atoms. The van der Waals surface area contributed by atoms with Crippen LogP contribution in [0.15, 0.2) is 35.7 Å². The maximum atomic E-state index is 12.1. The topological polar surface area (TPSA) is 111 Å². The normalized spacial score (nSPS) is 11.2. The number of nitrogens with one attached hydrogen (secondary N) is 2. The van der Waals surface area contributed by atoms with E-state index in [2.05, 4.69) is 15.4 Å². The SMILES string of the molecule is COC(=O)c1ccc(C)c(NC(=O)COC(=O)C(C)NC(=O)c2cccs2)c1. The van der Waals surface area contributed by atoms with Crippen molar-refractivity contribution in [3.63, 3.8) is 0 Å². The Kier molecular flexibility index (Phi) is 7.28. The van der Waals surface area contributed by atoms with Gasteiger partial charge in [0.15, 0.2) is 6.61 Å². The van der Waals surface area contributed by atoms with Crippen LogP contribution in [0.25, 0.3) is 0 Å². The number of methoxy groups -OCH3 is 1. The van der Waals surface area contributed by atoms with Crippen LogP contribution < -0.4 is 10.6 Å². The third-order valence-electron chi connectivity index (χ3n) is 3.72. The minimum atomic E-state index is -0.910. The van der Waals surface area contributed by atoms with E-state index < -0.39 is 30.5 Å². The summed E-state index contributed by atoms with van der Waals surface area (Å²) < 4.78 is 9.59. The van der Waals surface area contributed by atoms with E-state index in [1.807, 2.05) is 0 Å². The highest BCUT2D eigenvalue weighted by atomic mass is 32.1. The highest BCUT2D eigenvalue weighted by Crippen LogP contribution is 2.17. The predicted octanol–water partition coefficient (Wildman–Crippen LogP) is 2.14. The fourth-order valence-corrected chi connectivity index (χ4v) is 2.81. The molecule has 1 aromatic carbocycles. The van der Waals surface area contributed by atoms with Crippen LogP contribution in [0.1, 0.15) is 32.5 Å². The Morgan fingerprint density at radius 3 is 2.57 bits per heavy atom. The molecule has 2 rings (SSSR count). The first-order valence-electron chi connectivity index (χ1n) is 8.31. The van der Waals surface area contributed by atoms with E-state index in [-0.39, 0.29) is 11.5 Å². The first-order chi connectivity index (χ1) is 13.3. The van der Waals surface area contributed by atoms with Crippen molar-refractivity contribution in [1.82, 2.24) is 5.32 Å². The molecular formula is C19H20N2O6S. The summed E-state index contributed by atoms with van der Waals surface area (Å²) in [6.07, 6.45) is 0. The molecule has 2 N–H and O–H groups in total. The zero-order valence-electron chi connectivity index (χ0n) is 15.6. The third-order valence-corrected chi connectivity index (χ3v) is 4.59. The summed E-state index contributed by atoms with van der Waals surface area (Å²) in [7, 11) is 1.26. The molecule has 0 aliphatic heterocycles. The molecule has 0 saturated heterocycles. The smallest absolute Gasteiger partial charge is 0.337 e. The van der Waals surface area contributed by atoms with Crippen molar-refractivity contribution in [3.05, 3.63) is 51.7 Å². The van der Waals surface area contributed by atoms with Gasteiger partial charge in [-0.15, -0.1) is 11.3 Å². The fraction of sp³-hybridized carbons (Fsp3) is 0.263. The highest BCUT2D eigenvalue weighted by molar-refractivity contribution is 7.12. The summed E-state index contributed by atoms with van der Waals surface area (Å²) in [5, 5.41) is 6.83. The molecule has 9 heteroatoms. The van der Waals surface area contributed by atoms with E-state index in [1.54, 1.807) is 36.6 Å². The quantitative estimate of drug-likeness (QED) is 0.684. The van der Waals surface area contributed by atoms with Crippen LogP contribution in [-0.2, 0) is 19.1 Å². The molecule has 0 fully saturated rings. The van der Waals surface area contributed by atoms with Crippen molar-refractivity contribution in [2.45, 2.75) is 19.9 Å². The largest absolute Gasteiger partial charge is 0.465 e. The first-order valence-corrected chi connectivity index (χ1v) is 9.19. The van der Waals surface area contributed by atoms with Crippen molar-refractivity contribution >= 4 is 40.8 Å². The van der Waals surface area contributed by atoms with Crippen LogP contribution in [-0.4, -0.2) is 43.5 Å². The number of anilines is 1. The number of esters is 2. The Morgan fingerprint density at radius 1 is 1.18 bits per heavy atom. The molecule has 0 radical (unpaired) electrons. The lowest BCUT2D eigenvalue weighted by molar-refractivity contribution is -0.148. The van der Waals surface area contributed by atoms with E-state index in [1.165, 1.54) is 31.4 Å². The van der Waals surface area contributed by atoms with E-state index in [0.717, 1.165) is 5.56 Å². The average Bonchev–Trinajstić information content (AvgIpc) is 3.22. The van der Waals surface area contributed by atoms with Crippen LogP contribution >= 0.6 is 11.3 Å². The third kappa shape index (κ3) is 5.65. The fourth-order valence-electron chi connectivity index (χ4n) is 2.18. The second-order valence-electron chi connectivity index (χ2n) is 5.85. The van der Waals surface area contributed by atoms with E-state index >= 15 is 0 Å². The number of rotatable bonds is 7. The molecule has 2 aromatic rings. The number of carbonyl (C=O) groups is 4. The number of carbonyl (C=O) groups excluding carboxylic acids is 4. The summed E-state index contributed by atoms with van der Waals surface area (Å²) in [5.74, 6) is -2.23. The Balaban J connectivity index is 1.87. The van der Waals surface area contributed by atoms with Gasteiger partial charge in [0.25, 0.3) is 11.8 Å². The second kappa shape index (κ2) is 9.65. The van der Waals surface area contributed by atoms with Crippen LogP contribution in [0.5, 0.6) is 0 Å². The monoisotopic (exact) mass is 404 g/mol. The standard InChI is InChI=1S/C19H20N2O6S/c1-11-6-7-13(19(25)26-3)9-14(11)21-16(22)10-27-18(24)12(2)20-17(23)15-5-4-8-28-15/h4-9,12H,10H2,1-3H3,(H,20,23)(H,21,22). The zero-order chi connectivity index (χ0) is 20.7. The van der Waals surface area contributed by atoms with Gasteiger partial charge in [0.05, 0.1) is 17.6 Å². The lowest BCUT2D eigenvalue weighted by Crippen LogP contribution is -2.40. The molecule has 0 spiro atoms. The van der Waals surface area contributed by atoms with Crippen LogP contribution in [0, 0.1) is 6.92 Å². The van der Waals surface area contributed by atoms with Crippen LogP contribution in [0.2, 0.25) is 0 Å². The van der Waals surface area contributed by atoms with Gasteiger partial charge in [-0.25, -0.2) is 9.59 Å². The maximum absolute atomic E-state index is 12.1. The Labute approximate surface area is 165 Å². The number of hydrogen-bond acceptors (Lipinski definition) is 7. The molecule has 8 nitrogen and oxygen atoms in total. The summed E-state index contributed by atoms with van der Waals surface area (Å²) >= 11 is 1.25. The molecule has 148 valence electrons. The lowest BCUT2D eigenvalue weighted by atomic mass is 10.1. The van der Waals surface area contributed by atoms with Crippen LogP contribution in [0.3, 0.4) is 0 Å². The number of hydrogen-bond donors (Lipinski definition) is 2. The van der Waals surface area contributed by atoms with Gasteiger partial charge in [0.2, 0.25) is 0 Å². The molecule has 0 saturated carbocycles. The van der Waals surface area contributed by atoms with Crippen molar-refractivity contribution in [2.24, 2.45) is 0 Å². The molecule has 1 unspecified atom stereocenters. The van der Waals surface area contributed by atoms with Gasteiger partial charge in [-0.3, -0.25) is 9.59 Å². The Morgan fingerprint density at radius 2 is 1.93 bits per heavy atom. The summed E-state index contributed by atoms with van der Waals surface area (Å²) in [6.45, 7) is 2.69. The van der Waals surface area contributed by atoms with Gasteiger partial charge in [0.1, 0.15) is 6.04 Å². The number of aryl methyl sites for hydroxylation is 1. The number of thiophene rings is 1. The molecule has 1 heterocycles. The molecule has 1 atom stereocenters. The van der Waals surface area contributed by atoms with E-state index in [4.69, 9.17) is 4.74 Å². The van der Waals surface area contributed by atoms with E-state index in [9.17, 15) is 19.2 Å². The zero-order valence-corrected chi connectivity index (χ0v) is 16.4. The molecule has 1 aromatic heterocycles. The minimum Gasteiger partial charge on any atom is -0.465 e. The van der Waals surface area contributed by atoms with Crippen molar-refractivity contribution in [3.8, 4) is 0 Å². The lowest BCUT2D eigenvalue weighted by Gasteiger charge is -2.13. The average molecular weight is 404 g/mol. The molecule has 2 amide bonds. The Hall–Kier alpha value is -3.20. The first kappa shape index (κ1) is 21.1. The molecule has 28 heavy (non-hydrogen) atoms. The minimum absolute atomic E-state index is 0.283. The molecule has 0 aliphatic carbocycles. The number of amides is 2. The number of benzene rings is 1. The van der Waals surface area contributed by atoms with Gasteiger partial charge < -0.3 is 20.1 Å². The second-order valence-corrected chi connectivity index (χ2v) is 6.80. The van der Waals surface area contributed by atoms with Gasteiger partial charge in [-0.2, -0.15) is 0 Å². The Bertz CT molecular complexity index is 879. The summed E-state index contributed by atoms with van der Waals surface area (Å²) in [4.78, 5) is 48.0. The van der Waals surface area contributed by atoms with E-state index in [0.29, 0.717) is 10.6 Å². The van der Waals surface area contributed by atoms with Crippen molar-refractivity contribution in [1.29, 1.82) is 0 Å². The molecule has 0 aliphatic rings. The summed E-state index contributed by atoms with van der Waals surface area (Å²) in [5.41, 5.74) is 1.41. The van der Waals surface area contributed by atoms with Gasteiger partial charge in [-0.05, 0) is 43.0 Å². The van der Waals surface area contributed by atoms with Gasteiger partial charge >= 0.3 is 11.9 Å². The highest BCUT2D eigenvalue weighted by Gasteiger charge is 2.20. The maximum Gasteiger partial charge on any atom is 0.337 e. The number of ether oxygens (including phenoxy) is 2. The van der Waals surface area contributed by atoms with Crippen molar-refractivity contribution in [2.75, 3.05) is 19.0 Å². The molecular weight excluding hydrogens is 384 g/mol.